The molecule has 1 aromatic heterocycles. The van der Waals surface area contributed by atoms with Crippen molar-refractivity contribution in [2.75, 3.05) is 39.8 Å². The maximum Gasteiger partial charge on any atom is 0.250 e. The first-order valence-corrected chi connectivity index (χ1v) is 11.8. The third kappa shape index (κ3) is 8.66. The molecule has 1 unspecified atom stereocenters. The van der Waals surface area contributed by atoms with E-state index in [9.17, 15) is 4.79 Å². The number of hydrogen-bond donors (Lipinski definition) is 2. The highest BCUT2D eigenvalue weighted by molar-refractivity contribution is 14.0. The summed E-state index contributed by atoms with van der Waals surface area (Å²) in [6.07, 6.45) is 6.26. The molecule has 0 aliphatic carbocycles. The fourth-order valence-electron chi connectivity index (χ4n) is 4.09. The Balaban J connectivity index is 0.00000385. The molecule has 0 saturated carbocycles. The van der Waals surface area contributed by atoms with Gasteiger partial charge in [0, 0.05) is 31.9 Å². The fraction of sp³-hybridized carbons (Fsp3) is 0.520. The molecule has 182 valence electrons. The molecule has 0 amide bonds. The summed E-state index contributed by atoms with van der Waals surface area (Å²) in [4.78, 5) is 19.2. The number of unbranched alkanes of at least 4 members (excludes halogenated alkanes) is 1. The van der Waals surface area contributed by atoms with Crippen molar-refractivity contribution < 1.29 is 4.74 Å². The van der Waals surface area contributed by atoms with E-state index in [1.807, 2.05) is 24.4 Å². The van der Waals surface area contributed by atoms with Crippen LogP contribution in [-0.2, 0) is 6.54 Å². The summed E-state index contributed by atoms with van der Waals surface area (Å²) in [6, 6.07) is 13.9. The number of pyridine rings is 1. The van der Waals surface area contributed by atoms with E-state index in [0.717, 1.165) is 57.3 Å². The van der Waals surface area contributed by atoms with Gasteiger partial charge in [-0.2, -0.15) is 0 Å². The largest absolute Gasteiger partial charge is 0.497 e. The summed E-state index contributed by atoms with van der Waals surface area (Å²) in [5.74, 6) is 1.73. The number of nitrogens with zero attached hydrogens (tertiary/aromatic N) is 3. The van der Waals surface area contributed by atoms with Crippen molar-refractivity contribution in [3.63, 3.8) is 0 Å². The number of ether oxygens (including phenoxy) is 1. The lowest BCUT2D eigenvalue weighted by Gasteiger charge is -2.27. The van der Waals surface area contributed by atoms with Crippen LogP contribution in [0.4, 0.5) is 0 Å². The zero-order chi connectivity index (χ0) is 22.6. The first kappa shape index (κ1) is 27.2. The van der Waals surface area contributed by atoms with E-state index >= 15 is 0 Å². The maximum absolute atomic E-state index is 11.8. The van der Waals surface area contributed by atoms with Crippen molar-refractivity contribution in [3.05, 3.63) is 64.6 Å². The Bertz CT molecular complexity index is 894. The molecule has 2 N–H and O–H groups in total. The number of aryl methyl sites for hydroxylation is 1. The zero-order valence-electron chi connectivity index (χ0n) is 19.8. The SMILES string of the molecule is CCNC(=NCC(c1ccc(OC)cc1)N1CCCC1)NCCCCn1ccccc1=O.I. The number of benzene rings is 1. The van der Waals surface area contributed by atoms with Crippen molar-refractivity contribution >= 4 is 29.9 Å². The van der Waals surface area contributed by atoms with E-state index < -0.39 is 0 Å². The first-order chi connectivity index (χ1) is 15.7. The number of aliphatic imine (C=N–C) groups is 1. The van der Waals surface area contributed by atoms with Gasteiger partial charge in [-0.15, -0.1) is 24.0 Å². The zero-order valence-corrected chi connectivity index (χ0v) is 22.2. The Labute approximate surface area is 214 Å². The molecule has 1 aliphatic rings. The van der Waals surface area contributed by atoms with Crippen molar-refractivity contribution in [3.8, 4) is 5.75 Å². The standard InChI is InChI=1S/C25H37N5O2.HI/c1-3-26-25(27-15-5-7-19-30-18-6-4-10-24(30)31)28-20-23(29-16-8-9-17-29)21-11-13-22(32-2)14-12-21;/h4,6,10-14,18,23H,3,5,7-9,15-17,19-20H2,1-2H3,(H2,26,27,28);1H. The van der Waals surface area contributed by atoms with Crippen molar-refractivity contribution in [1.29, 1.82) is 0 Å². The summed E-state index contributed by atoms with van der Waals surface area (Å²) in [5, 5.41) is 6.81. The molecule has 7 nitrogen and oxygen atoms in total. The number of aromatic nitrogens is 1. The van der Waals surface area contributed by atoms with Gasteiger partial charge in [-0.3, -0.25) is 14.7 Å². The minimum atomic E-state index is 0. The molecule has 33 heavy (non-hydrogen) atoms. The monoisotopic (exact) mass is 567 g/mol. The van der Waals surface area contributed by atoms with Gasteiger partial charge in [-0.05, 0) is 69.5 Å². The number of guanidine groups is 1. The maximum atomic E-state index is 11.8. The van der Waals surface area contributed by atoms with E-state index in [2.05, 4.69) is 34.6 Å². The van der Waals surface area contributed by atoms with Crippen molar-refractivity contribution in [1.82, 2.24) is 20.1 Å². The van der Waals surface area contributed by atoms with Crippen LogP contribution >= 0.6 is 24.0 Å². The van der Waals surface area contributed by atoms with Crippen LogP contribution in [0.2, 0.25) is 0 Å². The van der Waals surface area contributed by atoms with Crippen molar-refractivity contribution in [2.45, 2.75) is 45.2 Å². The molecular weight excluding hydrogens is 529 g/mol. The number of rotatable bonds is 11. The van der Waals surface area contributed by atoms with Gasteiger partial charge < -0.3 is 19.9 Å². The van der Waals surface area contributed by atoms with Gasteiger partial charge >= 0.3 is 0 Å². The minimum absolute atomic E-state index is 0. The van der Waals surface area contributed by atoms with E-state index in [-0.39, 0.29) is 35.6 Å². The highest BCUT2D eigenvalue weighted by atomic mass is 127. The van der Waals surface area contributed by atoms with E-state index in [1.54, 1.807) is 23.8 Å². The highest BCUT2D eigenvalue weighted by Crippen LogP contribution is 2.27. The second kappa shape index (κ2) is 15.0. The van der Waals surface area contributed by atoms with Gasteiger partial charge in [0.25, 0.3) is 0 Å². The molecule has 1 atom stereocenters. The average molecular weight is 568 g/mol. The van der Waals surface area contributed by atoms with Gasteiger partial charge in [0.1, 0.15) is 5.75 Å². The van der Waals surface area contributed by atoms with Crippen LogP contribution in [0.25, 0.3) is 0 Å². The third-order valence-electron chi connectivity index (χ3n) is 5.87. The van der Waals surface area contributed by atoms with Gasteiger partial charge in [-0.1, -0.05) is 18.2 Å². The number of likely N-dealkylation sites (tertiary alicyclic amines) is 1. The highest BCUT2D eigenvalue weighted by Gasteiger charge is 2.23. The predicted octanol–water partition coefficient (Wildman–Crippen LogP) is 3.65. The molecule has 0 spiro atoms. The van der Waals surface area contributed by atoms with Crippen LogP contribution in [0.3, 0.4) is 0 Å². The first-order valence-electron chi connectivity index (χ1n) is 11.8. The second-order valence-corrected chi connectivity index (χ2v) is 8.12. The molecule has 0 bridgehead atoms. The molecule has 3 rings (SSSR count). The predicted molar refractivity (Wildman–Crippen MR) is 146 cm³/mol. The lowest BCUT2D eigenvalue weighted by atomic mass is 10.1. The van der Waals surface area contributed by atoms with Crippen molar-refractivity contribution in [2.24, 2.45) is 4.99 Å². The third-order valence-corrected chi connectivity index (χ3v) is 5.87. The number of nitrogens with one attached hydrogen (secondary N) is 2. The van der Waals surface area contributed by atoms with Crippen LogP contribution in [0.1, 0.15) is 44.2 Å². The number of halogens is 1. The molecule has 8 heteroatoms. The molecule has 1 aromatic carbocycles. The summed E-state index contributed by atoms with van der Waals surface area (Å²) in [5.41, 5.74) is 1.34. The normalized spacial score (nSPS) is 15.0. The second-order valence-electron chi connectivity index (χ2n) is 8.12. The Morgan fingerprint density at radius 3 is 2.52 bits per heavy atom. The molecule has 1 aliphatic heterocycles. The van der Waals surface area contributed by atoms with Crippen LogP contribution in [0.5, 0.6) is 5.75 Å². The Morgan fingerprint density at radius 1 is 1.09 bits per heavy atom. The van der Waals surface area contributed by atoms with Gasteiger partial charge in [0.15, 0.2) is 5.96 Å². The minimum Gasteiger partial charge on any atom is -0.497 e. The molecule has 1 fully saturated rings. The van der Waals surface area contributed by atoms with Crippen LogP contribution in [0, 0.1) is 0 Å². The summed E-state index contributed by atoms with van der Waals surface area (Å²) in [6.45, 7) is 7.42. The summed E-state index contributed by atoms with van der Waals surface area (Å²) >= 11 is 0. The lowest BCUT2D eigenvalue weighted by Crippen LogP contribution is -2.39. The van der Waals surface area contributed by atoms with Crippen LogP contribution in [0.15, 0.2) is 58.4 Å². The smallest absolute Gasteiger partial charge is 0.250 e. The number of hydrogen-bond acceptors (Lipinski definition) is 4. The molecule has 2 heterocycles. The van der Waals surface area contributed by atoms with Gasteiger partial charge in [0.05, 0.1) is 19.7 Å². The van der Waals surface area contributed by atoms with Crippen LogP contribution < -0.4 is 20.9 Å². The van der Waals surface area contributed by atoms with Gasteiger partial charge in [-0.25, -0.2) is 0 Å². The molecule has 1 saturated heterocycles. The Hall–Kier alpha value is -2.07. The fourth-order valence-corrected chi connectivity index (χ4v) is 4.09. The summed E-state index contributed by atoms with van der Waals surface area (Å²) in [7, 11) is 1.70. The molecule has 0 radical (unpaired) electrons. The van der Waals surface area contributed by atoms with E-state index in [4.69, 9.17) is 9.73 Å². The Morgan fingerprint density at radius 2 is 1.85 bits per heavy atom. The average Bonchev–Trinajstić information content (AvgIpc) is 3.35. The Kier molecular flexibility index (Phi) is 12.3. The number of methoxy groups -OCH3 is 1. The molecular formula is C25H38IN5O2. The van der Waals surface area contributed by atoms with Crippen LogP contribution in [-0.4, -0.2) is 55.3 Å². The topological polar surface area (TPSA) is 70.9 Å². The molecule has 2 aromatic rings. The summed E-state index contributed by atoms with van der Waals surface area (Å²) < 4.78 is 7.08. The van der Waals surface area contributed by atoms with E-state index in [0.29, 0.717) is 6.54 Å². The quantitative estimate of drug-likeness (QED) is 0.188. The van der Waals surface area contributed by atoms with E-state index in [1.165, 1.54) is 18.4 Å². The van der Waals surface area contributed by atoms with Gasteiger partial charge in [0.2, 0.25) is 5.56 Å². The lowest BCUT2D eigenvalue weighted by molar-refractivity contribution is 0.251.